The number of imide groups is 1. The molecule has 0 spiro atoms. The van der Waals surface area contributed by atoms with Crippen LogP contribution in [0.4, 0.5) is 4.79 Å². The number of aromatic nitrogens is 4. The minimum Gasteiger partial charge on any atom is -0.351 e. The number of hydrogen-bond acceptors (Lipinski definition) is 6. The molecule has 0 bridgehead atoms. The van der Waals surface area contributed by atoms with Crippen molar-refractivity contribution in [2.45, 2.75) is 24.3 Å². The second-order valence-corrected chi connectivity index (χ2v) is 6.23. The van der Waals surface area contributed by atoms with Gasteiger partial charge in [-0.25, -0.2) is 14.8 Å². The minimum atomic E-state index is -0.879. The number of thioether (sulfide) groups is 1. The van der Waals surface area contributed by atoms with E-state index in [1.54, 1.807) is 18.4 Å². The van der Waals surface area contributed by atoms with Crippen LogP contribution in [0, 0.1) is 6.92 Å². The van der Waals surface area contributed by atoms with Crippen LogP contribution in [0.1, 0.15) is 12.7 Å². The van der Waals surface area contributed by atoms with Gasteiger partial charge in [0.2, 0.25) is 5.91 Å². The van der Waals surface area contributed by atoms with Crippen LogP contribution in [-0.2, 0) is 4.79 Å². The van der Waals surface area contributed by atoms with Crippen molar-refractivity contribution in [3.05, 3.63) is 30.1 Å². The summed E-state index contributed by atoms with van der Waals surface area (Å²) in [4.78, 5) is 31.6. The van der Waals surface area contributed by atoms with Crippen molar-refractivity contribution in [2.75, 3.05) is 0 Å². The van der Waals surface area contributed by atoms with E-state index < -0.39 is 17.2 Å². The third-order valence-electron chi connectivity index (χ3n) is 3.15. The fraction of sp³-hybridized carbons (Fsp3) is 0.214. The average molecular weight is 330 g/mol. The zero-order valence-electron chi connectivity index (χ0n) is 12.5. The molecule has 0 aliphatic carbocycles. The van der Waals surface area contributed by atoms with E-state index in [0.29, 0.717) is 16.6 Å². The van der Waals surface area contributed by atoms with Crippen molar-refractivity contribution in [1.82, 2.24) is 24.9 Å². The number of fused-ring (bicyclic) bond motifs is 3. The molecule has 0 aliphatic heterocycles. The standard InChI is InChI=1S/C14H14N6O2S/c1-7(12(21)18-13(15)22)23-14-17-10-6-4-3-5-9(10)11-16-8(2)19-20(11)14/h3-7H,1-2H3,(H3,15,18,21,22). The number of nitrogens with zero attached hydrogens (tertiary/aromatic N) is 4. The van der Waals surface area contributed by atoms with E-state index in [1.165, 1.54) is 11.8 Å². The molecule has 0 aliphatic rings. The normalized spacial score (nSPS) is 12.4. The number of hydrogen-bond donors (Lipinski definition) is 2. The second kappa shape index (κ2) is 5.84. The number of carbonyl (C=O) groups is 2. The molecule has 3 N–H and O–H groups in total. The van der Waals surface area contributed by atoms with Crippen LogP contribution in [0.3, 0.4) is 0 Å². The molecule has 3 aromatic rings. The van der Waals surface area contributed by atoms with Gasteiger partial charge in [0.05, 0.1) is 10.8 Å². The maximum absolute atomic E-state index is 11.9. The molecule has 0 fully saturated rings. The Bertz CT molecular complexity index is 922. The van der Waals surface area contributed by atoms with Crippen LogP contribution in [0.5, 0.6) is 0 Å². The van der Waals surface area contributed by atoms with Gasteiger partial charge in [-0.1, -0.05) is 23.9 Å². The van der Waals surface area contributed by atoms with Crippen LogP contribution >= 0.6 is 11.8 Å². The Hall–Kier alpha value is -2.68. The Kier molecular flexibility index (Phi) is 3.87. The fourth-order valence-corrected chi connectivity index (χ4v) is 3.00. The van der Waals surface area contributed by atoms with Gasteiger partial charge in [0.15, 0.2) is 10.8 Å². The lowest BCUT2D eigenvalue weighted by Crippen LogP contribution is -2.39. The molecule has 1 aromatic carbocycles. The maximum atomic E-state index is 11.9. The van der Waals surface area contributed by atoms with Crippen LogP contribution < -0.4 is 11.1 Å². The lowest BCUT2D eigenvalue weighted by atomic mass is 10.2. The average Bonchev–Trinajstić information content (AvgIpc) is 2.88. The van der Waals surface area contributed by atoms with E-state index in [0.717, 1.165) is 10.9 Å². The molecule has 118 valence electrons. The Morgan fingerprint density at radius 3 is 2.78 bits per heavy atom. The molecular weight excluding hydrogens is 316 g/mol. The van der Waals surface area contributed by atoms with Crippen molar-refractivity contribution in [3.63, 3.8) is 0 Å². The topological polar surface area (TPSA) is 115 Å². The van der Waals surface area contributed by atoms with Gasteiger partial charge < -0.3 is 5.73 Å². The summed E-state index contributed by atoms with van der Waals surface area (Å²) in [5.41, 5.74) is 6.41. The summed E-state index contributed by atoms with van der Waals surface area (Å²) in [7, 11) is 0. The van der Waals surface area contributed by atoms with Gasteiger partial charge >= 0.3 is 6.03 Å². The smallest absolute Gasteiger partial charge is 0.318 e. The third kappa shape index (κ3) is 2.95. The highest BCUT2D eigenvalue weighted by Crippen LogP contribution is 2.26. The third-order valence-corrected chi connectivity index (χ3v) is 4.20. The molecule has 1 atom stereocenters. The first-order chi connectivity index (χ1) is 11.0. The number of primary amides is 1. The van der Waals surface area contributed by atoms with Gasteiger partial charge in [0.1, 0.15) is 5.82 Å². The van der Waals surface area contributed by atoms with Gasteiger partial charge in [0.25, 0.3) is 0 Å². The summed E-state index contributed by atoms with van der Waals surface area (Å²) in [6.07, 6.45) is 0. The highest BCUT2D eigenvalue weighted by molar-refractivity contribution is 8.00. The number of benzene rings is 1. The Morgan fingerprint density at radius 2 is 2.04 bits per heavy atom. The van der Waals surface area contributed by atoms with Crippen molar-refractivity contribution in [3.8, 4) is 0 Å². The quantitative estimate of drug-likeness (QED) is 0.552. The van der Waals surface area contributed by atoms with Crippen molar-refractivity contribution >= 4 is 40.3 Å². The molecule has 23 heavy (non-hydrogen) atoms. The lowest BCUT2D eigenvalue weighted by Gasteiger charge is -2.11. The molecule has 1 unspecified atom stereocenters. The number of amides is 3. The van der Waals surface area contributed by atoms with Crippen LogP contribution in [-0.4, -0.2) is 36.8 Å². The van der Waals surface area contributed by atoms with Crippen molar-refractivity contribution < 1.29 is 9.59 Å². The molecule has 2 aromatic heterocycles. The van der Waals surface area contributed by atoms with Crippen LogP contribution in [0.2, 0.25) is 0 Å². The number of para-hydroxylation sites is 1. The number of urea groups is 1. The summed E-state index contributed by atoms with van der Waals surface area (Å²) in [5, 5.41) is 7.23. The number of carbonyl (C=O) groups excluding carboxylic acids is 2. The highest BCUT2D eigenvalue weighted by Gasteiger charge is 2.20. The molecular formula is C14H14N6O2S. The number of aryl methyl sites for hydroxylation is 1. The monoisotopic (exact) mass is 330 g/mol. The van der Waals surface area contributed by atoms with Gasteiger partial charge in [-0.3, -0.25) is 10.1 Å². The fourth-order valence-electron chi connectivity index (χ4n) is 2.14. The maximum Gasteiger partial charge on any atom is 0.318 e. The summed E-state index contributed by atoms with van der Waals surface area (Å²) >= 11 is 1.18. The predicted molar refractivity (Wildman–Crippen MR) is 86.1 cm³/mol. The van der Waals surface area contributed by atoms with Gasteiger partial charge in [0, 0.05) is 5.39 Å². The van der Waals surface area contributed by atoms with E-state index in [2.05, 4.69) is 20.4 Å². The Labute approximate surface area is 135 Å². The van der Waals surface area contributed by atoms with Crippen molar-refractivity contribution in [1.29, 1.82) is 0 Å². The van der Waals surface area contributed by atoms with E-state index in [1.807, 2.05) is 24.3 Å². The highest BCUT2D eigenvalue weighted by atomic mass is 32.2. The van der Waals surface area contributed by atoms with Gasteiger partial charge in [-0.15, -0.1) is 5.10 Å². The Balaban J connectivity index is 2.05. The largest absolute Gasteiger partial charge is 0.351 e. The zero-order valence-corrected chi connectivity index (χ0v) is 13.3. The molecule has 3 amide bonds. The summed E-state index contributed by atoms with van der Waals surface area (Å²) < 4.78 is 1.61. The minimum absolute atomic E-state index is 0.484. The van der Waals surface area contributed by atoms with Gasteiger partial charge in [-0.05, 0) is 26.0 Å². The van der Waals surface area contributed by atoms with E-state index in [-0.39, 0.29) is 0 Å². The molecule has 0 saturated carbocycles. The molecule has 9 heteroatoms. The molecule has 2 heterocycles. The Morgan fingerprint density at radius 1 is 1.30 bits per heavy atom. The SMILES string of the molecule is Cc1nc2c3ccccc3nc(SC(C)C(=O)NC(N)=O)n2n1. The number of rotatable bonds is 3. The van der Waals surface area contributed by atoms with Crippen LogP contribution in [0.15, 0.2) is 29.4 Å². The first-order valence-corrected chi connectivity index (χ1v) is 7.73. The van der Waals surface area contributed by atoms with Gasteiger partial charge in [-0.2, -0.15) is 4.52 Å². The first kappa shape index (κ1) is 15.2. The van der Waals surface area contributed by atoms with Crippen molar-refractivity contribution in [2.24, 2.45) is 5.73 Å². The summed E-state index contributed by atoms with van der Waals surface area (Å²) in [6, 6.07) is 6.70. The van der Waals surface area contributed by atoms with E-state index >= 15 is 0 Å². The lowest BCUT2D eigenvalue weighted by molar-refractivity contribution is -0.119. The summed E-state index contributed by atoms with van der Waals surface area (Å²) in [5.74, 6) is 0.127. The van der Waals surface area contributed by atoms with Crippen LogP contribution in [0.25, 0.3) is 16.6 Å². The predicted octanol–water partition coefficient (Wildman–Crippen LogP) is 1.26. The molecule has 0 saturated heterocycles. The number of nitrogens with two attached hydrogens (primary N) is 1. The molecule has 0 radical (unpaired) electrons. The second-order valence-electron chi connectivity index (χ2n) is 4.92. The van der Waals surface area contributed by atoms with E-state index in [4.69, 9.17) is 5.73 Å². The number of nitrogens with one attached hydrogen (secondary N) is 1. The zero-order chi connectivity index (χ0) is 16.6. The first-order valence-electron chi connectivity index (χ1n) is 6.85. The molecule has 3 rings (SSSR count). The molecule has 8 nitrogen and oxygen atoms in total. The van der Waals surface area contributed by atoms with E-state index in [9.17, 15) is 9.59 Å². The summed E-state index contributed by atoms with van der Waals surface area (Å²) in [6.45, 7) is 3.45.